The summed E-state index contributed by atoms with van der Waals surface area (Å²) in [6.45, 7) is 2.91. The molecule has 0 spiro atoms. The van der Waals surface area contributed by atoms with Crippen LogP contribution in [0, 0.1) is 6.92 Å². The lowest BCUT2D eigenvalue weighted by Gasteiger charge is -2.10. The minimum Gasteiger partial charge on any atom is -0.377 e. The van der Waals surface area contributed by atoms with E-state index in [-0.39, 0.29) is 5.91 Å². The van der Waals surface area contributed by atoms with E-state index < -0.39 is 0 Å². The number of pyridine rings is 1. The maximum absolute atomic E-state index is 12.4. The largest absolute Gasteiger partial charge is 0.377 e. The van der Waals surface area contributed by atoms with Gasteiger partial charge >= 0.3 is 0 Å². The number of benzene rings is 2. The molecule has 0 unspecified atom stereocenters. The molecule has 8 heteroatoms. The second-order valence-corrected chi connectivity index (χ2v) is 8.47. The van der Waals surface area contributed by atoms with Crippen LogP contribution in [0.2, 0.25) is 0 Å². The fourth-order valence-electron chi connectivity index (χ4n) is 3.25. The van der Waals surface area contributed by atoms with Crippen LogP contribution in [0.3, 0.4) is 0 Å². The van der Waals surface area contributed by atoms with Crippen LogP contribution in [0.25, 0.3) is 5.69 Å². The van der Waals surface area contributed by atoms with Gasteiger partial charge in [0.1, 0.15) is 6.61 Å². The number of hydrogen-bond donors (Lipinski definition) is 1. The highest BCUT2D eigenvalue weighted by molar-refractivity contribution is 7.98. The lowest BCUT2D eigenvalue weighted by Crippen LogP contribution is -2.22. The van der Waals surface area contributed by atoms with Crippen molar-refractivity contribution in [3.8, 4) is 5.69 Å². The molecule has 1 amide bonds. The van der Waals surface area contributed by atoms with Gasteiger partial charge in [-0.15, -0.1) is 10.2 Å². The zero-order chi connectivity index (χ0) is 23.0. The lowest BCUT2D eigenvalue weighted by atomic mass is 10.1. The number of aryl methyl sites for hydroxylation is 1. The molecule has 0 fully saturated rings. The molecule has 4 rings (SSSR count). The molecule has 0 atom stereocenters. The van der Waals surface area contributed by atoms with E-state index in [1.54, 1.807) is 31.3 Å². The van der Waals surface area contributed by atoms with Crippen molar-refractivity contribution in [2.45, 2.75) is 31.0 Å². The number of rotatable bonds is 9. The van der Waals surface area contributed by atoms with Gasteiger partial charge in [-0.2, -0.15) is 0 Å². The van der Waals surface area contributed by atoms with Gasteiger partial charge in [0.15, 0.2) is 11.0 Å². The smallest absolute Gasteiger partial charge is 0.251 e. The molecular weight excluding hydrogens is 434 g/mol. The molecule has 168 valence electrons. The molecule has 2 heterocycles. The fraction of sp³-hybridized carbons (Fsp3) is 0.200. The normalized spacial score (nSPS) is 10.8. The van der Waals surface area contributed by atoms with E-state index in [1.807, 2.05) is 41.0 Å². The van der Waals surface area contributed by atoms with Gasteiger partial charge in [0.25, 0.3) is 5.91 Å². The average molecular weight is 460 g/mol. The van der Waals surface area contributed by atoms with Crippen molar-refractivity contribution in [3.05, 3.63) is 101 Å². The molecule has 0 radical (unpaired) electrons. The van der Waals surface area contributed by atoms with Crippen molar-refractivity contribution >= 4 is 17.7 Å². The number of hydrogen-bond acceptors (Lipinski definition) is 6. The lowest BCUT2D eigenvalue weighted by molar-refractivity contribution is 0.0951. The molecule has 33 heavy (non-hydrogen) atoms. The standard InChI is InChI=1S/C25H25N5O2S/c1-18-3-9-22(10-4-18)30-23(16-32-2)28-29-25(30)33-17-20-5-7-21(8-6-20)24(31)27-15-19-11-13-26-14-12-19/h3-14H,15-17H2,1-2H3,(H,27,31). The Morgan fingerprint density at radius 3 is 2.39 bits per heavy atom. The summed E-state index contributed by atoms with van der Waals surface area (Å²) < 4.78 is 7.32. The van der Waals surface area contributed by atoms with Crippen LogP contribution in [-0.4, -0.2) is 32.8 Å². The summed E-state index contributed by atoms with van der Waals surface area (Å²) in [6.07, 6.45) is 3.43. The third-order valence-corrected chi connectivity index (χ3v) is 6.05. The van der Waals surface area contributed by atoms with Crippen molar-refractivity contribution in [1.29, 1.82) is 0 Å². The van der Waals surface area contributed by atoms with Gasteiger partial charge in [0.05, 0.1) is 0 Å². The molecule has 0 aliphatic rings. The first-order valence-corrected chi connectivity index (χ1v) is 11.5. The summed E-state index contributed by atoms with van der Waals surface area (Å²) in [7, 11) is 1.65. The molecular formula is C25H25N5O2S. The minimum absolute atomic E-state index is 0.102. The van der Waals surface area contributed by atoms with E-state index in [1.165, 1.54) is 5.56 Å². The topological polar surface area (TPSA) is 81.9 Å². The Balaban J connectivity index is 1.41. The number of aromatic nitrogens is 4. The Hall–Kier alpha value is -3.49. The van der Waals surface area contributed by atoms with Crippen molar-refractivity contribution in [2.24, 2.45) is 0 Å². The van der Waals surface area contributed by atoms with Crippen LogP contribution in [-0.2, 0) is 23.6 Å². The predicted octanol–water partition coefficient (Wildman–Crippen LogP) is 4.34. The summed E-state index contributed by atoms with van der Waals surface area (Å²) in [5.41, 5.74) is 4.93. The van der Waals surface area contributed by atoms with Crippen molar-refractivity contribution in [1.82, 2.24) is 25.1 Å². The highest BCUT2D eigenvalue weighted by atomic mass is 32.2. The first-order chi connectivity index (χ1) is 16.1. The average Bonchev–Trinajstić information content (AvgIpc) is 3.25. The molecule has 7 nitrogen and oxygen atoms in total. The van der Waals surface area contributed by atoms with Crippen LogP contribution in [0.15, 0.2) is 78.2 Å². The van der Waals surface area contributed by atoms with E-state index >= 15 is 0 Å². The van der Waals surface area contributed by atoms with E-state index in [9.17, 15) is 4.79 Å². The number of nitrogens with one attached hydrogen (secondary N) is 1. The second-order valence-electron chi connectivity index (χ2n) is 7.53. The molecule has 0 saturated heterocycles. The van der Waals surface area contributed by atoms with Crippen LogP contribution in [0.4, 0.5) is 0 Å². The van der Waals surface area contributed by atoms with Gasteiger partial charge in [-0.3, -0.25) is 14.3 Å². The molecule has 0 aliphatic carbocycles. The Labute approximate surface area is 197 Å². The molecule has 2 aromatic carbocycles. The molecule has 4 aromatic rings. The monoisotopic (exact) mass is 459 g/mol. The fourth-order valence-corrected chi connectivity index (χ4v) is 4.18. The van der Waals surface area contributed by atoms with E-state index in [2.05, 4.69) is 51.7 Å². The van der Waals surface area contributed by atoms with Crippen molar-refractivity contribution in [3.63, 3.8) is 0 Å². The number of carbonyl (C=O) groups is 1. The molecule has 0 bridgehead atoms. The summed E-state index contributed by atoms with van der Waals surface area (Å²) in [6, 6.07) is 19.6. The van der Waals surface area contributed by atoms with Gasteiger partial charge in [-0.05, 0) is 54.4 Å². The first kappa shape index (κ1) is 22.7. The summed E-state index contributed by atoms with van der Waals surface area (Å²) in [5.74, 6) is 1.36. The summed E-state index contributed by atoms with van der Waals surface area (Å²) in [5, 5.41) is 12.4. The molecule has 0 saturated carbocycles. The zero-order valence-corrected chi connectivity index (χ0v) is 19.4. The number of methoxy groups -OCH3 is 1. The van der Waals surface area contributed by atoms with Crippen LogP contribution in [0.5, 0.6) is 0 Å². The molecule has 0 aliphatic heterocycles. The van der Waals surface area contributed by atoms with Crippen LogP contribution < -0.4 is 5.32 Å². The van der Waals surface area contributed by atoms with Crippen molar-refractivity contribution in [2.75, 3.05) is 7.11 Å². The summed E-state index contributed by atoms with van der Waals surface area (Å²) in [4.78, 5) is 16.4. The molecule has 1 N–H and O–H groups in total. The number of nitrogens with zero attached hydrogens (tertiary/aromatic N) is 4. The Kier molecular flexibility index (Phi) is 7.49. The second kappa shape index (κ2) is 10.9. The van der Waals surface area contributed by atoms with Crippen molar-refractivity contribution < 1.29 is 9.53 Å². The van der Waals surface area contributed by atoms with Gasteiger partial charge < -0.3 is 10.1 Å². The van der Waals surface area contributed by atoms with Gasteiger partial charge in [0, 0.05) is 43.1 Å². The SMILES string of the molecule is COCc1nnc(SCc2ccc(C(=O)NCc3ccncc3)cc2)n1-c1ccc(C)cc1. The number of amides is 1. The Morgan fingerprint density at radius 1 is 0.970 bits per heavy atom. The molecule has 2 aromatic heterocycles. The Morgan fingerprint density at radius 2 is 1.70 bits per heavy atom. The van der Waals surface area contributed by atoms with E-state index in [4.69, 9.17) is 4.74 Å². The first-order valence-electron chi connectivity index (χ1n) is 10.5. The van der Waals surface area contributed by atoms with E-state index in [0.717, 1.165) is 27.8 Å². The van der Waals surface area contributed by atoms with Crippen LogP contribution in [0.1, 0.15) is 32.9 Å². The highest BCUT2D eigenvalue weighted by Gasteiger charge is 2.15. The van der Waals surface area contributed by atoms with E-state index in [0.29, 0.717) is 24.5 Å². The Bertz CT molecular complexity index is 1190. The van der Waals surface area contributed by atoms with Gasteiger partial charge in [-0.25, -0.2) is 0 Å². The predicted molar refractivity (Wildman–Crippen MR) is 128 cm³/mol. The quantitative estimate of drug-likeness (QED) is 0.375. The maximum Gasteiger partial charge on any atom is 0.251 e. The van der Waals surface area contributed by atoms with Gasteiger partial charge in [0.2, 0.25) is 0 Å². The zero-order valence-electron chi connectivity index (χ0n) is 18.6. The number of carbonyl (C=O) groups excluding carboxylic acids is 1. The summed E-state index contributed by atoms with van der Waals surface area (Å²) >= 11 is 1.59. The third-order valence-electron chi connectivity index (χ3n) is 5.05. The third kappa shape index (κ3) is 5.85. The van der Waals surface area contributed by atoms with Crippen LogP contribution >= 0.6 is 11.8 Å². The van der Waals surface area contributed by atoms with Gasteiger partial charge in [-0.1, -0.05) is 41.6 Å². The number of ether oxygens (including phenoxy) is 1. The maximum atomic E-state index is 12.4. The minimum atomic E-state index is -0.102. The highest BCUT2D eigenvalue weighted by Crippen LogP contribution is 2.26. The number of thioether (sulfide) groups is 1.